The van der Waals surface area contributed by atoms with Gasteiger partial charge in [0.05, 0.1) is 19.3 Å². The van der Waals surface area contributed by atoms with E-state index in [0.717, 1.165) is 39.3 Å². The summed E-state index contributed by atoms with van der Waals surface area (Å²) in [6.45, 7) is 13.4. The van der Waals surface area contributed by atoms with Crippen LogP contribution in [-0.4, -0.2) is 28.0 Å². The van der Waals surface area contributed by atoms with Gasteiger partial charge in [-0.05, 0) is 71.6 Å². The van der Waals surface area contributed by atoms with Crippen LogP contribution in [0.5, 0.6) is 11.5 Å². The third-order valence-electron chi connectivity index (χ3n) is 7.37. The molecule has 0 saturated carbocycles. The first-order valence-corrected chi connectivity index (χ1v) is 15.4. The Balaban J connectivity index is 1.83. The summed E-state index contributed by atoms with van der Waals surface area (Å²) in [5.74, 6) is 1.14. The van der Waals surface area contributed by atoms with Crippen LogP contribution in [0.15, 0.2) is 78.4 Å². The normalized spacial score (nSPS) is 15.5. The Kier molecular flexibility index (Phi) is 7.14. The number of rotatable bonds is 7. The van der Waals surface area contributed by atoms with E-state index in [9.17, 15) is 4.79 Å². The van der Waals surface area contributed by atoms with Gasteiger partial charge in [0.25, 0.3) is 0 Å². The first kappa shape index (κ1) is 25.8. The monoisotopic (exact) mass is 500 g/mol. The maximum absolute atomic E-state index is 13.4. The predicted octanol–water partition coefficient (Wildman–Crippen LogP) is 7.59. The molecule has 0 amide bonds. The summed E-state index contributed by atoms with van der Waals surface area (Å²) in [4.78, 5) is 13.4. The summed E-state index contributed by atoms with van der Waals surface area (Å²) in [5.41, 5.74) is 5.75. The molecule has 0 radical (unpaired) electrons. The van der Waals surface area contributed by atoms with Crippen LogP contribution >= 0.6 is 0 Å². The maximum Gasteiger partial charge on any atom is 0.335 e. The van der Waals surface area contributed by atoms with Gasteiger partial charge in [0.15, 0.2) is 0 Å². The summed E-state index contributed by atoms with van der Waals surface area (Å²) in [5, 5.41) is 0.112. The molecule has 1 aliphatic carbocycles. The van der Waals surface area contributed by atoms with Crippen LogP contribution in [0.4, 0.5) is 0 Å². The molecule has 1 atom stereocenters. The van der Waals surface area contributed by atoms with Crippen molar-refractivity contribution in [2.75, 3.05) is 13.7 Å². The molecule has 0 heterocycles. The molecular formula is C31H36O4Si. The van der Waals surface area contributed by atoms with Gasteiger partial charge in [0.1, 0.15) is 11.5 Å². The second-order valence-corrected chi connectivity index (χ2v) is 15.4. The molecule has 0 fully saturated rings. The molecule has 0 bridgehead atoms. The van der Waals surface area contributed by atoms with Crippen molar-refractivity contribution in [2.45, 2.75) is 51.7 Å². The zero-order chi connectivity index (χ0) is 26.1. The van der Waals surface area contributed by atoms with Crippen molar-refractivity contribution in [3.63, 3.8) is 0 Å². The van der Waals surface area contributed by atoms with Crippen molar-refractivity contribution in [1.29, 1.82) is 0 Å². The van der Waals surface area contributed by atoms with Gasteiger partial charge < -0.3 is 13.9 Å². The van der Waals surface area contributed by atoms with Crippen molar-refractivity contribution >= 4 is 19.9 Å². The Morgan fingerprint density at radius 1 is 0.889 bits per heavy atom. The van der Waals surface area contributed by atoms with Crippen molar-refractivity contribution in [3.8, 4) is 11.5 Å². The van der Waals surface area contributed by atoms with Crippen molar-refractivity contribution in [1.82, 2.24) is 0 Å². The fraction of sp³-hybridized carbons (Fsp3) is 0.323. The van der Waals surface area contributed by atoms with E-state index < -0.39 is 8.32 Å². The standard InChI is InChI=1S/C31H36O4Si/c1-8-34-30(32)29-27(21-13-17-23(33-5)18-14-21)25-11-9-10-12-26(25)28(29)22-15-19-24(20-16-22)35-36(6,7)31(2,3)4/h9-20,27H,8H2,1-7H3. The molecule has 0 aromatic heterocycles. The average Bonchev–Trinajstić information content (AvgIpc) is 3.19. The van der Waals surface area contributed by atoms with Gasteiger partial charge in [-0.15, -0.1) is 0 Å². The van der Waals surface area contributed by atoms with Crippen LogP contribution in [0.3, 0.4) is 0 Å². The highest BCUT2D eigenvalue weighted by molar-refractivity contribution is 6.74. The van der Waals surface area contributed by atoms with E-state index in [-0.39, 0.29) is 16.9 Å². The Bertz CT molecular complexity index is 1270. The maximum atomic E-state index is 13.4. The zero-order valence-corrected chi connectivity index (χ0v) is 23.3. The third kappa shape index (κ3) is 4.85. The van der Waals surface area contributed by atoms with E-state index in [2.05, 4.69) is 58.1 Å². The minimum atomic E-state index is -1.95. The minimum absolute atomic E-state index is 0.112. The summed E-state index contributed by atoms with van der Waals surface area (Å²) in [6, 6.07) is 24.3. The largest absolute Gasteiger partial charge is 0.544 e. The highest BCUT2D eigenvalue weighted by Crippen LogP contribution is 2.49. The van der Waals surface area contributed by atoms with Crippen LogP contribution in [0.2, 0.25) is 18.1 Å². The lowest BCUT2D eigenvalue weighted by molar-refractivity contribution is -0.138. The molecule has 5 heteroatoms. The van der Waals surface area contributed by atoms with Crippen LogP contribution in [0.25, 0.3) is 5.57 Å². The highest BCUT2D eigenvalue weighted by atomic mass is 28.4. The number of carbonyl (C=O) groups excluding carboxylic acids is 1. The highest BCUT2D eigenvalue weighted by Gasteiger charge is 2.40. The summed E-state index contributed by atoms with van der Waals surface area (Å²) in [7, 11) is -0.301. The Hall–Kier alpha value is -3.31. The van der Waals surface area contributed by atoms with Gasteiger partial charge in [-0.1, -0.05) is 69.3 Å². The van der Waals surface area contributed by atoms with Gasteiger partial charge in [-0.25, -0.2) is 4.79 Å². The van der Waals surface area contributed by atoms with E-state index in [1.165, 1.54) is 0 Å². The SMILES string of the molecule is CCOC(=O)C1=C(c2ccc(O[Si](C)(C)C(C)(C)C)cc2)c2ccccc2C1c1ccc(OC)cc1. The van der Waals surface area contributed by atoms with E-state index in [1.807, 2.05) is 55.5 Å². The lowest BCUT2D eigenvalue weighted by Crippen LogP contribution is -2.43. The van der Waals surface area contributed by atoms with Crippen LogP contribution in [0.1, 0.15) is 55.9 Å². The number of benzene rings is 3. The lowest BCUT2D eigenvalue weighted by atomic mass is 9.88. The second kappa shape index (κ2) is 9.98. The second-order valence-electron chi connectivity index (χ2n) is 10.7. The van der Waals surface area contributed by atoms with Gasteiger partial charge in [0.2, 0.25) is 8.32 Å². The van der Waals surface area contributed by atoms with Gasteiger partial charge in [-0.3, -0.25) is 0 Å². The molecule has 3 aromatic rings. The number of hydrogen-bond donors (Lipinski definition) is 0. The molecule has 36 heavy (non-hydrogen) atoms. The number of hydrogen-bond acceptors (Lipinski definition) is 4. The van der Waals surface area contributed by atoms with Crippen molar-refractivity contribution in [2.24, 2.45) is 0 Å². The Labute approximate surface area is 216 Å². The fourth-order valence-electron chi connectivity index (χ4n) is 4.44. The average molecular weight is 501 g/mol. The van der Waals surface area contributed by atoms with Crippen molar-refractivity contribution in [3.05, 3.63) is 101 Å². The first-order valence-electron chi connectivity index (χ1n) is 12.5. The molecule has 0 aliphatic heterocycles. The summed E-state index contributed by atoms with van der Waals surface area (Å²) < 4.78 is 17.4. The summed E-state index contributed by atoms with van der Waals surface area (Å²) in [6.07, 6.45) is 0. The van der Waals surface area contributed by atoms with E-state index >= 15 is 0 Å². The number of methoxy groups -OCH3 is 1. The number of carbonyl (C=O) groups is 1. The molecule has 4 nitrogen and oxygen atoms in total. The Morgan fingerprint density at radius 3 is 2.08 bits per heavy atom. The predicted molar refractivity (Wildman–Crippen MR) is 148 cm³/mol. The van der Waals surface area contributed by atoms with Gasteiger partial charge >= 0.3 is 5.97 Å². The molecule has 0 spiro atoms. The van der Waals surface area contributed by atoms with Gasteiger partial charge in [-0.2, -0.15) is 0 Å². The smallest absolute Gasteiger partial charge is 0.335 e. The molecule has 4 rings (SSSR count). The molecule has 1 aliphatic rings. The van der Waals surface area contributed by atoms with Crippen LogP contribution < -0.4 is 9.16 Å². The number of fused-ring (bicyclic) bond motifs is 1. The molecule has 188 valence electrons. The van der Waals surface area contributed by atoms with Crippen LogP contribution in [0, 0.1) is 0 Å². The first-order chi connectivity index (χ1) is 17.1. The van der Waals surface area contributed by atoms with Crippen LogP contribution in [-0.2, 0) is 9.53 Å². The molecule has 3 aromatic carbocycles. The minimum Gasteiger partial charge on any atom is -0.544 e. The zero-order valence-electron chi connectivity index (χ0n) is 22.3. The summed E-state index contributed by atoms with van der Waals surface area (Å²) >= 11 is 0. The Morgan fingerprint density at radius 2 is 1.50 bits per heavy atom. The molecule has 0 N–H and O–H groups in total. The third-order valence-corrected chi connectivity index (χ3v) is 11.7. The topological polar surface area (TPSA) is 44.8 Å². The quantitative estimate of drug-likeness (QED) is 0.248. The molecule has 1 unspecified atom stereocenters. The lowest BCUT2D eigenvalue weighted by Gasteiger charge is -2.36. The fourth-order valence-corrected chi connectivity index (χ4v) is 5.47. The van der Waals surface area contributed by atoms with E-state index in [0.29, 0.717) is 12.2 Å². The molecular weight excluding hydrogens is 464 g/mol. The van der Waals surface area contributed by atoms with E-state index in [1.54, 1.807) is 7.11 Å². The van der Waals surface area contributed by atoms with Gasteiger partial charge in [0, 0.05) is 11.5 Å². The molecule has 0 saturated heterocycles. The van der Waals surface area contributed by atoms with Crippen molar-refractivity contribution < 1.29 is 18.7 Å². The number of esters is 1. The number of ether oxygens (including phenoxy) is 2. The van der Waals surface area contributed by atoms with E-state index in [4.69, 9.17) is 13.9 Å².